The molecule has 0 radical (unpaired) electrons. The number of aromatic carboxylic acids is 1. The van der Waals surface area contributed by atoms with E-state index < -0.39 is 5.97 Å². The van der Waals surface area contributed by atoms with Gasteiger partial charge in [-0.25, -0.2) is 9.78 Å². The summed E-state index contributed by atoms with van der Waals surface area (Å²) in [6.45, 7) is 3.99. The molecule has 2 rings (SSSR count). The molecule has 0 bridgehead atoms. The van der Waals surface area contributed by atoms with Gasteiger partial charge in [0.15, 0.2) is 5.69 Å². The average Bonchev–Trinajstić information content (AvgIpc) is 2.64. The number of thiazole rings is 1. The lowest BCUT2D eigenvalue weighted by atomic mass is 9.70. The second-order valence-electron chi connectivity index (χ2n) is 4.91. The second kappa shape index (κ2) is 4.68. The number of aryl methyl sites for hydroxylation is 1. The number of rotatable bonds is 4. The van der Waals surface area contributed by atoms with Crippen LogP contribution in [0.5, 0.6) is 0 Å². The maximum atomic E-state index is 11.9. The Kier molecular flexibility index (Phi) is 3.38. The van der Waals surface area contributed by atoms with Crippen LogP contribution in [0.2, 0.25) is 0 Å². The van der Waals surface area contributed by atoms with Crippen molar-refractivity contribution in [1.82, 2.24) is 10.3 Å². The minimum atomic E-state index is -1.02. The summed E-state index contributed by atoms with van der Waals surface area (Å²) in [5, 5.41) is 12.4. The third-order valence-electron chi connectivity index (χ3n) is 3.45. The average molecular weight is 268 g/mol. The second-order valence-corrected chi connectivity index (χ2v) is 6.20. The summed E-state index contributed by atoms with van der Waals surface area (Å²) in [5.74, 6) is -0.981. The fourth-order valence-electron chi connectivity index (χ4n) is 2.03. The van der Waals surface area contributed by atoms with Crippen molar-refractivity contribution in [3.8, 4) is 0 Å². The molecular formula is C12H16N2O3S. The molecule has 1 aromatic rings. The molecule has 1 heterocycles. The molecule has 1 fully saturated rings. The maximum absolute atomic E-state index is 11.9. The SMILES string of the molecule is Cc1sc(CNC(=O)C2(C)CCC2)nc1C(=O)O. The van der Waals surface area contributed by atoms with Gasteiger partial charge in [0, 0.05) is 10.3 Å². The highest BCUT2D eigenvalue weighted by Gasteiger charge is 2.39. The zero-order valence-electron chi connectivity index (χ0n) is 10.4. The molecule has 2 N–H and O–H groups in total. The zero-order chi connectivity index (χ0) is 13.3. The molecule has 0 aromatic carbocycles. The van der Waals surface area contributed by atoms with Gasteiger partial charge in [0.2, 0.25) is 5.91 Å². The van der Waals surface area contributed by atoms with Crippen molar-refractivity contribution in [1.29, 1.82) is 0 Å². The molecule has 1 aromatic heterocycles. The Labute approximate surface area is 109 Å². The van der Waals surface area contributed by atoms with Gasteiger partial charge in [-0.3, -0.25) is 4.79 Å². The number of aromatic nitrogens is 1. The number of carboxylic acid groups (broad SMARTS) is 1. The highest BCUT2D eigenvalue weighted by atomic mass is 32.1. The van der Waals surface area contributed by atoms with Crippen LogP contribution in [0, 0.1) is 12.3 Å². The molecule has 0 saturated heterocycles. The molecular weight excluding hydrogens is 252 g/mol. The van der Waals surface area contributed by atoms with Gasteiger partial charge in [0.1, 0.15) is 5.01 Å². The fraction of sp³-hybridized carbons (Fsp3) is 0.583. The largest absolute Gasteiger partial charge is 0.476 e. The van der Waals surface area contributed by atoms with Gasteiger partial charge in [-0.05, 0) is 19.8 Å². The first kappa shape index (κ1) is 13.0. The predicted molar refractivity (Wildman–Crippen MR) is 67.6 cm³/mol. The van der Waals surface area contributed by atoms with Gasteiger partial charge in [0.05, 0.1) is 6.54 Å². The van der Waals surface area contributed by atoms with E-state index >= 15 is 0 Å². The minimum absolute atomic E-state index is 0.0403. The Morgan fingerprint density at radius 3 is 2.61 bits per heavy atom. The Balaban J connectivity index is 1.96. The van der Waals surface area contributed by atoms with Crippen molar-refractivity contribution >= 4 is 23.2 Å². The van der Waals surface area contributed by atoms with Crippen molar-refractivity contribution in [3.05, 3.63) is 15.6 Å². The first-order valence-corrected chi connectivity index (χ1v) is 6.72. The van der Waals surface area contributed by atoms with Crippen LogP contribution >= 0.6 is 11.3 Å². The highest BCUT2D eigenvalue weighted by molar-refractivity contribution is 7.11. The number of carboxylic acids is 1. The van der Waals surface area contributed by atoms with E-state index in [0.717, 1.165) is 19.3 Å². The van der Waals surface area contributed by atoms with E-state index in [1.807, 2.05) is 6.92 Å². The van der Waals surface area contributed by atoms with Crippen LogP contribution in [0.3, 0.4) is 0 Å². The van der Waals surface area contributed by atoms with Crippen molar-refractivity contribution in [2.24, 2.45) is 5.41 Å². The normalized spacial score (nSPS) is 17.0. The Bertz CT molecular complexity index is 492. The number of carbonyl (C=O) groups excluding carboxylic acids is 1. The third-order valence-corrected chi connectivity index (χ3v) is 4.42. The molecule has 0 aliphatic heterocycles. The molecule has 0 unspecified atom stereocenters. The molecule has 1 aliphatic carbocycles. The predicted octanol–water partition coefficient (Wildman–Crippen LogP) is 1.96. The van der Waals surface area contributed by atoms with Crippen molar-refractivity contribution < 1.29 is 14.7 Å². The number of carbonyl (C=O) groups is 2. The van der Waals surface area contributed by atoms with Crippen LogP contribution in [0.1, 0.15) is 46.6 Å². The fourth-order valence-corrected chi connectivity index (χ4v) is 2.89. The van der Waals surface area contributed by atoms with Crippen LogP contribution in [0.25, 0.3) is 0 Å². The standard InChI is InChI=1S/C12H16N2O3S/c1-7-9(10(15)16)14-8(18-7)6-13-11(17)12(2)4-3-5-12/h3-6H2,1-2H3,(H,13,17)(H,15,16). The van der Waals surface area contributed by atoms with E-state index in [1.54, 1.807) is 6.92 Å². The molecule has 0 spiro atoms. The first-order valence-electron chi connectivity index (χ1n) is 5.90. The number of hydrogen-bond donors (Lipinski definition) is 2. The molecule has 0 atom stereocenters. The summed E-state index contributed by atoms with van der Waals surface area (Å²) in [4.78, 5) is 27.4. The van der Waals surface area contributed by atoms with Gasteiger partial charge >= 0.3 is 5.97 Å². The summed E-state index contributed by atoms with van der Waals surface area (Å²) >= 11 is 1.31. The van der Waals surface area contributed by atoms with Gasteiger partial charge in [-0.15, -0.1) is 11.3 Å². The molecule has 18 heavy (non-hydrogen) atoms. The van der Waals surface area contributed by atoms with E-state index in [-0.39, 0.29) is 17.0 Å². The first-order chi connectivity index (χ1) is 8.42. The van der Waals surface area contributed by atoms with Crippen LogP contribution in [0.15, 0.2) is 0 Å². The summed E-state index contributed by atoms with van der Waals surface area (Å²) in [6, 6.07) is 0. The number of nitrogens with one attached hydrogen (secondary N) is 1. The van der Waals surface area contributed by atoms with Crippen molar-refractivity contribution in [3.63, 3.8) is 0 Å². The Hall–Kier alpha value is -1.43. The lowest BCUT2D eigenvalue weighted by molar-refractivity contribution is -0.134. The number of hydrogen-bond acceptors (Lipinski definition) is 4. The van der Waals surface area contributed by atoms with Crippen molar-refractivity contribution in [2.75, 3.05) is 0 Å². The Morgan fingerprint density at radius 2 is 2.17 bits per heavy atom. The van der Waals surface area contributed by atoms with Crippen molar-refractivity contribution in [2.45, 2.75) is 39.7 Å². The van der Waals surface area contributed by atoms with Gasteiger partial charge in [-0.1, -0.05) is 13.3 Å². The topological polar surface area (TPSA) is 79.3 Å². The molecule has 6 heteroatoms. The van der Waals surface area contributed by atoms with Crippen LogP contribution in [-0.2, 0) is 11.3 Å². The van der Waals surface area contributed by atoms with E-state index in [9.17, 15) is 9.59 Å². The van der Waals surface area contributed by atoms with E-state index in [1.165, 1.54) is 11.3 Å². The van der Waals surface area contributed by atoms with E-state index in [0.29, 0.717) is 16.4 Å². The van der Waals surface area contributed by atoms with Crippen LogP contribution in [0.4, 0.5) is 0 Å². The quantitative estimate of drug-likeness (QED) is 0.874. The third kappa shape index (κ3) is 2.38. The maximum Gasteiger partial charge on any atom is 0.355 e. The summed E-state index contributed by atoms with van der Waals surface area (Å²) in [5.41, 5.74) is -0.152. The number of amides is 1. The lowest BCUT2D eigenvalue weighted by Gasteiger charge is -2.36. The smallest absolute Gasteiger partial charge is 0.355 e. The monoisotopic (exact) mass is 268 g/mol. The minimum Gasteiger partial charge on any atom is -0.476 e. The van der Waals surface area contributed by atoms with Crippen LogP contribution < -0.4 is 5.32 Å². The molecule has 1 amide bonds. The number of nitrogens with zero attached hydrogens (tertiary/aromatic N) is 1. The summed E-state index contributed by atoms with van der Waals surface area (Å²) < 4.78 is 0. The molecule has 1 aliphatic rings. The van der Waals surface area contributed by atoms with Gasteiger partial charge in [0.25, 0.3) is 0 Å². The zero-order valence-corrected chi connectivity index (χ0v) is 11.3. The highest BCUT2D eigenvalue weighted by Crippen LogP contribution is 2.40. The Morgan fingerprint density at radius 1 is 1.50 bits per heavy atom. The summed E-state index contributed by atoms with van der Waals surface area (Å²) in [7, 11) is 0. The lowest BCUT2D eigenvalue weighted by Crippen LogP contribution is -2.43. The van der Waals surface area contributed by atoms with E-state index in [2.05, 4.69) is 10.3 Å². The van der Waals surface area contributed by atoms with Crippen LogP contribution in [-0.4, -0.2) is 22.0 Å². The molecule has 98 valence electrons. The summed E-state index contributed by atoms with van der Waals surface area (Å²) in [6.07, 6.45) is 2.95. The van der Waals surface area contributed by atoms with Gasteiger partial charge < -0.3 is 10.4 Å². The molecule has 1 saturated carbocycles. The van der Waals surface area contributed by atoms with Gasteiger partial charge in [-0.2, -0.15) is 0 Å². The van der Waals surface area contributed by atoms with E-state index in [4.69, 9.17) is 5.11 Å². The molecule has 5 nitrogen and oxygen atoms in total.